The number of oxazole rings is 1. The van der Waals surface area contributed by atoms with Crippen LogP contribution in [0.1, 0.15) is 11.3 Å². The number of fused-ring (bicyclic) bond motifs is 4. The minimum absolute atomic E-state index is 0.199. The summed E-state index contributed by atoms with van der Waals surface area (Å²) < 4.78 is 25.2. The van der Waals surface area contributed by atoms with Crippen LogP contribution in [0.15, 0.2) is 40.8 Å². The highest BCUT2D eigenvalue weighted by Gasteiger charge is 2.23. The minimum atomic E-state index is -0.199. The van der Waals surface area contributed by atoms with E-state index in [4.69, 9.17) is 9.15 Å². The molecule has 1 N–H and O–H groups in total. The highest BCUT2D eigenvalue weighted by molar-refractivity contribution is 5.86. The number of halogens is 1. The smallest absolute Gasteiger partial charge is 0.298 e. The second-order valence-electron chi connectivity index (χ2n) is 7.69. The molecule has 6 nitrogen and oxygen atoms in total. The van der Waals surface area contributed by atoms with Crippen molar-refractivity contribution in [3.05, 3.63) is 53.5 Å². The average Bonchev–Trinajstić information content (AvgIpc) is 3.34. The summed E-state index contributed by atoms with van der Waals surface area (Å²) in [5.41, 5.74) is 6.13. The number of hydrogen-bond donors (Lipinski definition) is 1. The maximum Gasteiger partial charge on any atom is 0.298 e. The summed E-state index contributed by atoms with van der Waals surface area (Å²) in [7, 11) is 0. The highest BCUT2D eigenvalue weighted by Crippen LogP contribution is 2.33. The van der Waals surface area contributed by atoms with Gasteiger partial charge in [0.1, 0.15) is 11.3 Å². The van der Waals surface area contributed by atoms with E-state index in [1.54, 1.807) is 6.07 Å². The van der Waals surface area contributed by atoms with Gasteiger partial charge in [0.15, 0.2) is 5.58 Å². The first kappa shape index (κ1) is 16.9. The number of hydrogen-bond acceptors (Lipinski definition) is 5. The molecule has 0 radical (unpaired) electrons. The molecule has 0 spiro atoms. The molecule has 1 saturated heterocycles. The van der Waals surface area contributed by atoms with Gasteiger partial charge < -0.3 is 23.9 Å². The molecular formula is C22H21FN4O2. The van der Waals surface area contributed by atoms with Crippen LogP contribution in [0, 0.1) is 5.82 Å². The van der Waals surface area contributed by atoms with Crippen LogP contribution in [-0.4, -0.2) is 42.8 Å². The van der Waals surface area contributed by atoms with Gasteiger partial charge in [-0.15, -0.1) is 0 Å². The number of ether oxygens (including phenoxy) is 1. The van der Waals surface area contributed by atoms with Gasteiger partial charge in [0.25, 0.3) is 6.01 Å². The molecule has 148 valence electrons. The van der Waals surface area contributed by atoms with Crippen molar-refractivity contribution in [2.45, 2.75) is 13.0 Å². The van der Waals surface area contributed by atoms with E-state index in [2.05, 4.69) is 31.9 Å². The summed E-state index contributed by atoms with van der Waals surface area (Å²) >= 11 is 0. The molecule has 2 aliphatic heterocycles. The first-order chi connectivity index (χ1) is 14.2. The number of H-pyrrole nitrogens is 1. The van der Waals surface area contributed by atoms with Crippen LogP contribution in [0.4, 0.5) is 16.1 Å². The van der Waals surface area contributed by atoms with Crippen LogP contribution in [0.2, 0.25) is 0 Å². The van der Waals surface area contributed by atoms with Crippen LogP contribution >= 0.6 is 0 Å². The van der Waals surface area contributed by atoms with Crippen molar-refractivity contribution in [1.29, 1.82) is 0 Å². The van der Waals surface area contributed by atoms with E-state index in [1.807, 2.05) is 12.1 Å². The molecule has 2 aliphatic rings. The van der Waals surface area contributed by atoms with Crippen molar-refractivity contribution in [2.24, 2.45) is 0 Å². The van der Waals surface area contributed by atoms with Crippen molar-refractivity contribution in [3.8, 4) is 0 Å². The maximum absolute atomic E-state index is 13.8. The molecule has 4 aromatic rings. The lowest BCUT2D eigenvalue weighted by atomic mass is 10.0. The highest BCUT2D eigenvalue weighted by atomic mass is 19.1. The summed E-state index contributed by atoms with van der Waals surface area (Å²) in [6.45, 7) is 4.64. The number of anilines is 2. The Hall–Kier alpha value is -3.06. The lowest BCUT2D eigenvalue weighted by Gasteiger charge is -2.29. The topological polar surface area (TPSA) is 57.5 Å². The molecule has 1 fully saturated rings. The summed E-state index contributed by atoms with van der Waals surface area (Å²) in [5, 5.41) is 0.972. The fourth-order valence-electron chi connectivity index (χ4n) is 4.39. The molecule has 0 aliphatic carbocycles. The molecular weight excluding hydrogens is 371 g/mol. The number of aromatic nitrogens is 2. The maximum atomic E-state index is 13.8. The predicted octanol–water partition coefficient (Wildman–Crippen LogP) is 3.85. The Labute approximate surface area is 166 Å². The number of nitrogens with one attached hydrogen (secondary N) is 1. The van der Waals surface area contributed by atoms with Crippen molar-refractivity contribution in [1.82, 2.24) is 9.97 Å². The van der Waals surface area contributed by atoms with Gasteiger partial charge in [-0.2, -0.15) is 4.98 Å². The summed E-state index contributed by atoms with van der Waals surface area (Å²) in [6, 6.07) is 11.8. The van der Waals surface area contributed by atoms with Gasteiger partial charge in [0, 0.05) is 66.5 Å². The molecule has 29 heavy (non-hydrogen) atoms. The fourth-order valence-corrected chi connectivity index (χ4v) is 4.39. The molecule has 0 atom stereocenters. The van der Waals surface area contributed by atoms with Crippen molar-refractivity contribution in [2.75, 3.05) is 42.6 Å². The molecule has 2 aromatic carbocycles. The molecule has 6 rings (SSSR count). The summed E-state index contributed by atoms with van der Waals surface area (Å²) in [5.74, 6) is -0.199. The first-order valence-electron chi connectivity index (χ1n) is 10.0. The van der Waals surface area contributed by atoms with E-state index in [1.165, 1.54) is 17.3 Å². The zero-order valence-electron chi connectivity index (χ0n) is 15.9. The van der Waals surface area contributed by atoms with Gasteiger partial charge in [0.05, 0.1) is 13.2 Å². The molecule has 7 heteroatoms. The zero-order chi connectivity index (χ0) is 19.4. The zero-order valence-corrected chi connectivity index (χ0v) is 15.9. The second-order valence-corrected chi connectivity index (χ2v) is 7.69. The SMILES string of the molecule is Fc1ccc2[nH]c3c(c2c1)CN(c1ccc2nc(N4CCOCC4)oc2c1)CC3. The van der Waals surface area contributed by atoms with E-state index >= 15 is 0 Å². The van der Waals surface area contributed by atoms with Gasteiger partial charge in [0.2, 0.25) is 0 Å². The third-order valence-electron chi connectivity index (χ3n) is 5.94. The molecule has 0 bridgehead atoms. The Bertz CT molecular complexity index is 1210. The number of benzene rings is 2. The Morgan fingerprint density at radius 1 is 1.00 bits per heavy atom. The summed E-state index contributed by atoms with van der Waals surface area (Å²) in [4.78, 5) is 12.5. The van der Waals surface area contributed by atoms with Crippen molar-refractivity contribution >= 4 is 33.7 Å². The standard InChI is InChI=1S/C22H21FN4O2/c23-14-1-3-18-16(11-14)17-13-27(6-5-19(17)24-18)15-2-4-20-21(12-15)29-22(25-20)26-7-9-28-10-8-26/h1-4,11-12,24H,5-10,13H2. The Morgan fingerprint density at radius 3 is 2.79 bits per heavy atom. The Kier molecular flexibility index (Phi) is 3.77. The second kappa shape index (κ2) is 6.49. The van der Waals surface area contributed by atoms with Crippen molar-refractivity contribution < 1.29 is 13.5 Å². The first-order valence-corrected chi connectivity index (χ1v) is 10.0. The van der Waals surface area contributed by atoms with Crippen LogP contribution in [0.5, 0.6) is 0 Å². The lowest BCUT2D eigenvalue weighted by Crippen LogP contribution is -2.36. The van der Waals surface area contributed by atoms with Crippen LogP contribution in [0.3, 0.4) is 0 Å². The number of nitrogens with zero attached hydrogens (tertiary/aromatic N) is 3. The summed E-state index contributed by atoms with van der Waals surface area (Å²) in [6.07, 6.45) is 0.902. The third kappa shape index (κ3) is 2.84. The number of morpholine rings is 1. The van der Waals surface area contributed by atoms with E-state index < -0.39 is 0 Å². The lowest BCUT2D eigenvalue weighted by molar-refractivity contribution is 0.120. The van der Waals surface area contributed by atoms with Gasteiger partial charge >= 0.3 is 0 Å². The molecule has 0 unspecified atom stereocenters. The monoisotopic (exact) mass is 392 g/mol. The van der Waals surface area contributed by atoms with Crippen LogP contribution in [-0.2, 0) is 17.7 Å². The molecule has 0 saturated carbocycles. The van der Waals surface area contributed by atoms with Gasteiger partial charge in [-0.3, -0.25) is 0 Å². The largest absolute Gasteiger partial charge is 0.423 e. The van der Waals surface area contributed by atoms with Gasteiger partial charge in [-0.1, -0.05) is 0 Å². The molecule has 4 heterocycles. The number of aromatic amines is 1. The van der Waals surface area contributed by atoms with E-state index in [-0.39, 0.29) is 5.82 Å². The minimum Gasteiger partial charge on any atom is -0.423 e. The van der Waals surface area contributed by atoms with Gasteiger partial charge in [-0.05, 0) is 30.3 Å². The Balaban J connectivity index is 1.32. The normalized spacial score (nSPS) is 17.3. The fraction of sp³-hybridized carbons (Fsp3) is 0.318. The van der Waals surface area contributed by atoms with E-state index in [0.717, 1.165) is 60.3 Å². The van der Waals surface area contributed by atoms with Gasteiger partial charge in [-0.25, -0.2) is 4.39 Å². The van der Waals surface area contributed by atoms with Crippen LogP contribution < -0.4 is 9.80 Å². The quantitative estimate of drug-likeness (QED) is 0.562. The Morgan fingerprint density at radius 2 is 1.90 bits per heavy atom. The molecule has 0 amide bonds. The number of rotatable bonds is 2. The van der Waals surface area contributed by atoms with Crippen molar-refractivity contribution in [3.63, 3.8) is 0 Å². The molecule has 2 aromatic heterocycles. The van der Waals surface area contributed by atoms with E-state index in [0.29, 0.717) is 19.2 Å². The predicted molar refractivity (Wildman–Crippen MR) is 110 cm³/mol. The van der Waals surface area contributed by atoms with Crippen LogP contribution in [0.25, 0.3) is 22.0 Å². The van der Waals surface area contributed by atoms with E-state index in [9.17, 15) is 4.39 Å². The average molecular weight is 392 g/mol. The third-order valence-corrected chi connectivity index (χ3v) is 5.94.